The van der Waals surface area contributed by atoms with Crippen LogP contribution in [0.4, 0.5) is 11.5 Å². The smallest absolute Gasteiger partial charge is 0.354 e. The van der Waals surface area contributed by atoms with Crippen molar-refractivity contribution in [2.45, 2.75) is 33.1 Å². The summed E-state index contributed by atoms with van der Waals surface area (Å²) in [4.78, 5) is 27.5. The van der Waals surface area contributed by atoms with Crippen LogP contribution in [-0.2, 0) is 0 Å². The first-order valence-electron chi connectivity index (χ1n) is 6.94. The predicted octanol–water partition coefficient (Wildman–Crippen LogP) is 2.70. The van der Waals surface area contributed by atoms with Crippen LogP contribution < -0.4 is 4.90 Å². The summed E-state index contributed by atoms with van der Waals surface area (Å²) in [6, 6.07) is 2.40. The number of rotatable bonds is 3. The molecule has 0 aromatic carbocycles. The summed E-state index contributed by atoms with van der Waals surface area (Å²) in [7, 11) is 0. The number of carbonyl (C=O) groups is 1. The van der Waals surface area contributed by atoms with Gasteiger partial charge in [-0.1, -0.05) is 13.8 Å². The minimum absolute atomic E-state index is 0.139. The van der Waals surface area contributed by atoms with E-state index in [0.29, 0.717) is 13.1 Å². The van der Waals surface area contributed by atoms with Gasteiger partial charge in [0.25, 0.3) is 0 Å². The molecule has 0 spiro atoms. The number of nitro groups is 1. The van der Waals surface area contributed by atoms with E-state index in [9.17, 15) is 14.9 Å². The number of carboxylic acids is 1. The Balaban J connectivity index is 2.38. The maximum Gasteiger partial charge on any atom is 0.354 e. The third-order valence-corrected chi connectivity index (χ3v) is 3.91. The fraction of sp³-hybridized carbons (Fsp3) is 0.571. The highest BCUT2D eigenvalue weighted by molar-refractivity contribution is 5.86. The Morgan fingerprint density at radius 2 is 2.10 bits per heavy atom. The van der Waals surface area contributed by atoms with Gasteiger partial charge in [0.15, 0.2) is 5.69 Å². The van der Waals surface area contributed by atoms with Crippen LogP contribution in [0.5, 0.6) is 0 Å². The second kappa shape index (κ2) is 5.67. The van der Waals surface area contributed by atoms with Gasteiger partial charge in [-0.15, -0.1) is 0 Å². The summed E-state index contributed by atoms with van der Waals surface area (Å²) in [5.41, 5.74) is -0.118. The first-order valence-corrected chi connectivity index (χ1v) is 6.94. The molecule has 2 rings (SSSR count). The molecule has 1 aromatic rings. The molecule has 1 saturated heterocycles. The Bertz CT molecular complexity index is 571. The zero-order valence-corrected chi connectivity index (χ0v) is 12.2. The van der Waals surface area contributed by atoms with Crippen LogP contribution >= 0.6 is 0 Å². The number of aromatic nitrogens is 1. The highest BCUT2D eigenvalue weighted by Gasteiger charge is 2.28. The van der Waals surface area contributed by atoms with E-state index in [4.69, 9.17) is 5.11 Å². The van der Waals surface area contributed by atoms with Gasteiger partial charge < -0.3 is 10.0 Å². The van der Waals surface area contributed by atoms with Gasteiger partial charge in [-0.3, -0.25) is 10.1 Å². The maximum absolute atomic E-state index is 11.2. The van der Waals surface area contributed by atoms with Gasteiger partial charge in [-0.2, -0.15) is 0 Å². The molecule has 7 nitrogen and oxygen atoms in total. The summed E-state index contributed by atoms with van der Waals surface area (Å²) >= 11 is 0. The van der Waals surface area contributed by atoms with Crippen LogP contribution in [0.3, 0.4) is 0 Å². The number of nitrogens with zero attached hydrogens (tertiary/aromatic N) is 3. The fourth-order valence-corrected chi connectivity index (χ4v) is 2.57. The quantitative estimate of drug-likeness (QED) is 0.679. The number of pyridine rings is 1. The molecule has 0 amide bonds. The van der Waals surface area contributed by atoms with Crippen molar-refractivity contribution in [3.05, 3.63) is 27.9 Å². The first-order chi connectivity index (χ1) is 9.80. The third-order valence-electron chi connectivity index (χ3n) is 3.91. The molecule has 7 heteroatoms. The summed E-state index contributed by atoms with van der Waals surface area (Å²) in [6.45, 7) is 5.64. The van der Waals surface area contributed by atoms with Crippen molar-refractivity contribution in [3.63, 3.8) is 0 Å². The van der Waals surface area contributed by atoms with Crippen LogP contribution in [0.2, 0.25) is 0 Å². The molecule has 0 saturated carbocycles. The lowest BCUT2D eigenvalue weighted by atomic mass is 9.85. The van der Waals surface area contributed by atoms with Crippen molar-refractivity contribution in [2.24, 2.45) is 5.41 Å². The van der Waals surface area contributed by atoms with Gasteiger partial charge in [0, 0.05) is 19.2 Å². The standard InChI is InChI=1S/C14H19N3O4/c1-14(2)6-3-8-16(9-7-14)12-11(17(20)21)5-4-10(15-12)13(18)19/h4-5H,3,6-9H2,1-2H3,(H,18,19). The summed E-state index contributed by atoms with van der Waals surface area (Å²) < 4.78 is 0. The van der Waals surface area contributed by atoms with Crippen molar-refractivity contribution in [3.8, 4) is 0 Å². The van der Waals surface area contributed by atoms with Crippen molar-refractivity contribution in [1.82, 2.24) is 4.98 Å². The lowest BCUT2D eigenvalue weighted by Crippen LogP contribution is -2.27. The number of carboxylic acid groups (broad SMARTS) is 1. The van der Waals surface area contributed by atoms with Crippen molar-refractivity contribution >= 4 is 17.5 Å². The molecule has 1 N–H and O–H groups in total. The molecule has 114 valence electrons. The van der Waals surface area contributed by atoms with Crippen LogP contribution in [0.25, 0.3) is 0 Å². The highest BCUT2D eigenvalue weighted by Crippen LogP contribution is 2.34. The number of hydrogen-bond acceptors (Lipinski definition) is 5. The Morgan fingerprint density at radius 3 is 2.71 bits per heavy atom. The topological polar surface area (TPSA) is 96.6 Å². The molecular weight excluding hydrogens is 274 g/mol. The lowest BCUT2D eigenvalue weighted by molar-refractivity contribution is -0.384. The first kappa shape index (κ1) is 15.2. The van der Waals surface area contributed by atoms with E-state index in [1.54, 1.807) is 0 Å². The number of hydrogen-bond donors (Lipinski definition) is 1. The fourth-order valence-electron chi connectivity index (χ4n) is 2.57. The maximum atomic E-state index is 11.2. The second-order valence-corrected chi connectivity index (χ2v) is 6.11. The molecule has 0 bridgehead atoms. The molecule has 1 aliphatic rings. The van der Waals surface area contributed by atoms with E-state index in [1.807, 2.05) is 4.90 Å². The number of anilines is 1. The number of aromatic carboxylic acids is 1. The highest BCUT2D eigenvalue weighted by atomic mass is 16.6. The molecule has 0 unspecified atom stereocenters. The molecule has 2 heterocycles. The largest absolute Gasteiger partial charge is 0.477 e. The van der Waals surface area contributed by atoms with E-state index < -0.39 is 10.9 Å². The van der Waals surface area contributed by atoms with E-state index >= 15 is 0 Å². The summed E-state index contributed by atoms with van der Waals surface area (Å²) in [5, 5.41) is 20.2. The summed E-state index contributed by atoms with van der Waals surface area (Å²) in [5.74, 6) is -1.01. The van der Waals surface area contributed by atoms with Crippen LogP contribution in [0.15, 0.2) is 12.1 Å². The normalized spacial score (nSPS) is 18.1. The Morgan fingerprint density at radius 1 is 1.38 bits per heavy atom. The monoisotopic (exact) mass is 293 g/mol. The van der Waals surface area contributed by atoms with Gasteiger partial charge in [0.1, 0.15) is 0 Å². The minimum Gasteiger partial charge on any atom is -0.477 e. The van der Waals surface area contributed by atoms with Gasteiger partial charge in [0.05, 0.1) is 4.92 Å². The molecule has 1 fully saturated rings. The van der Waals surface area contributed by atoms with Gasteiger partial charge >= 0.3 is 11.7 Å². The molecular formula is C14H19N3O4. The van der Waals surface area contributed by atoms with Crippen LogP contribution in [0, 0.1) is 15.5 Å². The molecule has 0 radical (unpaired) electrons. The average Bonchev–Trinajstić information content (AvgIpc) is 2.58. The average molecular weight is 293 g/mol. The van der Waals surface area contributed by atoms with Gasteiger partial charge in [0.2, 0.25) is 5.82 Å². The minimum atomic E-state index is -1.18. The molecule has 1 aliphatic heterocycles. The summed E-state index contributed by atoms with van der Waals surface area (Å²) in [6.07, 6.45) is 2.84. The Labute approximate surface area is 122 Å². The zero-order chi connectivity index (χ0) is 15.6. The van der Waals surface area contributed by atoms with E-state index in [2.05, 4.69) is 18.8 Å². The Hall–Kier alpha value is -2.18. The zero-order valence-electron chi connectivity index (χ0n) is 12.2. The van der Waals surface area contributed by atoms with Crippen LogP contribution in [-0.4, -0.2) is 34.1 Å². The van der Waals surface area contributed by atoms with Crippen molar-refractivity contribution in [1.29, 1.82) is 0 Å². The van der Waals surface area contributed by atoms with E-state index in [1.165, 1.54) is 12.1 Å². The second-order valence-electron chi connectivity index (χ2n) is 6.11. The molecule has 21 heavy (non-hydrogen) atoms. The predicted molar refractivity (Wildman–Crippen MR) is 77.7 cm³/mol. The molecule has 1 aromatic heterocycles. The van der Waals surface area contributed by atoms with E-state index in [0.717, 1.165) is 19.3 Å². The lowest BCUT2D eigenvalue weighted by Gasteiger charge is -2.24. The van der Waals surface area contributed by atoms with Gasteiger partial charge in [-0.25, -0.2) is 9.78 Å². The Kier molecular flexibility index (Phi) is 4.11. The van der Waals surface area contributed by atoms with Crippen molar-refractivity contribution < 1.29 is 14.8 Å². The molecule has 0 aliphatic carbocycles. The van der Waals surface area contributed by atoms with Crippen molar-refractivity contribution in [2.75, 3.05) is 18.0 Å². The molecule has 0 atom stereocenters. The van der Waals surface area contributed by atoms with E-state index in [-0.39, 0.29) is 22.6 Å². The SMILES string of the molecule is CC1(C)CCCN(c2nc(C(=O)O)ccc2[N+](=O)[O-])CC1. The third kappa shape index (κ3) is 3.48. The van der Waals surface area contributed by atoms with Crippen LogP contribution in [0.1, 0.15) is 43.6 Å². The van der Waals surface area contributed by atoms with Gasteiger partial charge in [-0.05, 0) is 30.7 Å².